The molecule has 0 bridgehead atoms. The van der Waals surface area contributed by atoms with Crippen molar-refractivity contribution in [3.8, 4) is 5.75 Å². The fraction of sp³-hybridized carbons (Fsp3) is 0.471. The maximum atomic E-state index is 12.1. The van der Waals surface area contributed by atoms with Crippen LogP contribution in [0.4, 0.5) is 4.79 Å². The van der Waals surface area contributed by atoms with Gasteiger partial charge in [-0.15, -0.1) is 0 Å². The molecule has 0 heterocycles. The van der Waals surface area contributed by atoms with Crippen LogP contribution in [0.3, 0.4) is 0 Å². The van der Waals surface area contributed by atoms with Crippen LogP contribution >= 0.6 is 15.9 Å². The van der Waals surface area contributed by atoms with E-state index in [1.54, 1.807) is 34.6 Å². The molecule has 7 nitrogen and oxygen atoms in total. The Bertz CT molecular complexity index is 662. The monoisotopic (exact) mass is 416 g/mol. The largest absolute Gasteiger partial charge is 0.514 e. The highest BCUT2D eigenvalue weighted by molar-refractivity contribution is 9.10. The molecule has 0 aliphatic carbocycles. The lowest BCUT2D eigenvalue weighted by molar-refractivity contribution is 0.0201. The molecular formula is C17H21BrO7. The predicted octanol–water partition coefficient (Wildman–Crippen LogP) is 4.12. The summed E-state index contributed by atoms with van der Waals surface area (Å²) in [5, 5.41) is 0. The van der Waals surface area contributed by atoms with Gasteiger partial charge in [-0.3, -0.25) is 0 Å². The number of ether oxygens (including phenoxy) is 4. The van der Waals surface area contributed by atoms with Crippen LogP contribution in [0.15, 0.2) is 16.6 Å². The van der Waals surface area contributed by atoms with Gasteiger partial charge in [0.25, 0.3) is 0 Å². The quantitative estimate of drug-likeness (QED) is 0.405. The molecule has 0 aromatic heterocycles. The van der Waals surface area contributed by atoms with Crippen LogP contribution in [0.1, 0.15) is 55.3 Å². The number of hydrogen-bond acceptors (Lipinski definition) is 7. The zero-order chi connectivity index (χ0) is 19.2. The molecule has 138 valence electrons. The Morgan fingerprint density at radius 2 is 1.56 bits per heavy atom. The zero-order valence-corrected chi connectivity index (χ0v) is 16.4. The Morgan fingerprint density at radius 3 is 2.08 bits per heavy atom. The average Bonchev–Trinajstić information content (AvgIpc) is 2.47. The minimum Gasteiger partial charge on any atom is -0.462 e. The van der Waals surface area contributed by atoms with E-state index in [4.69, 9.17) is 18.9 Å². The molecule has 0 aliphatic heterocycles. The highest BCUT2D eigenvalue weighted by atomic mass is 79.9. The molecule has 0 unspecified atom stereocenters. The van der Waals surface area contributed by atoms with Crippen LogP contribution in [0.2, 0.25) is 0 Å². The van der Waals surface area contributed by atoms with E-state index in [1.807, 2.05) is 0 Å². The van der Waals surface area contributed by atoms with Crippen molar-refractivity contribution < 1.29 is 33.3 Å². The molecule has 0 aliphatic rings. The number of hydrogen-bond donors (Lipinski definition) is 0. The van der Waals surface area contributed by atoms with Gasteiger partial charge in [0.15, 0.2) is 0 Å². The normalized spacial score (nSPS) is 10.8. The molecule has 0 saturated carbocycles. The van der Waals surface area contributed by atoms with Crippen LogP contribution in [0, 0.1) is 0 Å². The van der Waals surface area contributed by atoms with Crippen molar-refractivity contribution >= 4 is 34.0 Å². The van der Waals surface area contributed by atoms with E-state index >= 15 is 0 Å². The summed E-state index contributed by atoms with van der Waals surface area (Å²) in [4.78, 5) is 36.0. The maximum absolute atomic E-state index is 12.1. The molecule has 8 heteroatoms. The Balaban J connectivity index is 3.27. The molecule has 25 heavy (non-hydrogen) atoms. The Morgan fingerprint density at radius 1 is 1.00 bits per heavy atom. The van der Waals surface area contributed by atoms with Crippen molar-refractivity contribution in [2.75, 3.05) is 13.2 Å². The SMILES string of the molecule is CCOC(=O)c1cc(OC(=O)OC(C)(C)C)c(Br)c(C(=O)OCC)c1. The third kappa shape index (κ3) is 6.38. The number of carbonyl (C=O) groups excluding carboxylic acids is 3. The smallest absolute Gasteiger partial charge is 0.462 e. The summed E-state index contributed by atoms with van der Waals surface area (Å²) in [6.45, 7) is 8.66. The minimum absolute atomic E-state index is 0.0333. The molecule has 0 spiro atoms. The van der Waals surface area contributed by atoms with Gasteiger partial charge in [-0.2, -0.15) is 0 Å². The van der Waals surface area contributed by atoms with Crippen molar-refractivity contribution in [2.45, 2.75) is 40.2 Å². The Hall–Kier alpha value is -2.09. The van der Waals surface area contributed by atoms with Gasteiger partial charge in [-0.25, -0.2) is 14.4 Å². The first-order chi connectivity index (χ1) is 11.6. The van der Waals surface area contributed by atoms with Gasteiger partial charge in [0.05, 0.1) is 28.8 Å². The molecule has 1 rings (SSSR count). The fourth-order valence-corrected chi connectivity index (χ4v) is 2.19. The first kappa shape index (κ1) is 21.0. The lowest BCUT2D eigenvalue weighted by Crippen LogP contribution is -2.26. The van der Waals surface area contributed by atoms with Crippen LogP contribution in [0.5, 0.6) is 5.75 Å². The second-order valence-corrected chi connectivity index (χ2v) is 6.64. The van der Waals surface area contributed by atoms with Gasteiger partial charge in [-0.05, 0) is 62.7 Å². The van der Waals surface area contributed by atoms with Crippen LogP contribution < -0.4 is 4.74 Å². The first-order valence-electron chi connectivity index (χ1n) is 7.67. The summed E-state index contributed by atoms with van der Waals surface area (Å²) in [7, 11) is 0. The van der Waals surface area contributed by atoms with Crippen LogP contribution in [-0.2, 0) is 14.2 Å². The highest BCUT2D eigenvalue weighted by Crippen LogP contribution is 2.32. The van der Waals surface area contributed by atoms with Crippen LogP contribution in [-0.4, -0.2) is 36.9 Å². The molecule has 0 saturated heterocycles. The average molecular weight is 417 g/mol. The van der Waals surface area contributed by atoms with Crippen molar-refractivity contribution in [2.24, 2.45) is 0 Å². The van der Waals surface area contributed by atoms with Crippen LogP contribution in [0.25, 0.3) is 0 Å². The second kappa shape index (κ2) is 8.84. The van der Waals surface area contributed by atoms with Crippen molar-refractivity contribution in [3.05, 3.63) is 27.7 Å². The fourth-order valence-electron chi connectivity index (χ4n) is 1.72. The highest BCUT2D eigenvalue weighted by Gasteiger charge is 2.24. The summed E-state index contributed by atoms with van der Waals surface area (Å²) in [5.74, 6) is -1.38. The lowest BCUT2D eigenvalue weighted by atomic mass is 10.1. The van der Waals surface area contributed by atoms with Gasteiger partial charge < -0.3 is 18.9 Å². The number of benzene rings is 1. The molecule has 1 aromatic rings. The Labute approximate surface area is 154 Å². The van der Waals surface area contributed by atoms with E-state index in [0.717, 1.165) is 0 Å². The molecule has 1 aromatic carbocycles. The van der Waals surface area contributed by atoms with Gasteiger partial charge in [-0.1, -0.05) is 0 Å². The number of esters is 2. The summed E-state index contributed by atoms with van der Waals surface area (Å²) >= 11 is 3.20. The van der Waals surface area contributed by atoms with E-state index in [9.17, 15) is 14.4 Å². The predicted molar refractivity (Wildman–Crippen MR) is 92.9 cm³/mol. The molecule has 0 fully saturated rings. The summed E-state index contributed by atoms with van der Waals surface area (Å²) in [6, 6.07) is 2.59. The van der Waals surface area contributed by atoms with Gasteiger partial charge in [0.1, 0.15) is 11.4 Å². The Kier molecular flexibility index (Phi) is 7.41. The minimum atomic E-state index is -0.969. The topological polar surface area (TPSA) is 88.1 Å². The number of halogens is 1. The van der Waals surface area contributed by atoms with Crippen molar-refractivity contribution in [1.82, 2.24) is 0 Å². The summed E-state index contributed by atoms with van der Waals surface area (Å²) in [6.07, 6.45) is -0.969. The molecule has 0 radical (unpaired) electrons. The maximum Gasteiger partial charge on any atom is 0.514 e. The third-order valence-corrected chi connectivity index (χ3v) is 3.45. The molecule has 0 atom stereocenters. The standard InChI is InChI=1S/C17H21BrO7/c1-6-22-14(19)10-8-11(15(20)23-7-2)13(18)12(9-10)24-16(21)25-17(3,4)5/h8-9H,6-7H2,1-5H3. The third-order valence-electron chi connectivity index (χ3n) is 2.63. The van der Waals surface area contributed by atoms with Gasteiger partial charge in [0.2, 0.25) is 0 Å². The van der Waals surface area contributed by atoms with E-state index < -0.39 is 23.7 Å². The molecule has 0 N–H and O–H groups in total. The van der Waals surface area contributed by atoms with E-state index in [-0.39, 0.29) is 34.6 Å². The zero-order valence-electron chi connectivity index (χ0n) is 14.8. The summed E-state index contributed by atoms with van der Waals surface area (Å²) in [5.41, 5.74) is -0.677. The van der Waals surface area contributed by atoms with Gasteiger partial charge in [0, 0.05) is 0 Å². The lowest BCUT2D eigenvalue weighted by Gasteiger charge is -2.19. The molecule has 0 amide bonds. The molecular weight excluding hydrogens is 396 g/mol. The first-order valence-corrected chi connectivity index (χ1v) is 8.47. The van der Waals surface area contributed by atoms with E-state index in [1.165, 1.54) is 12.1 Å². The van der Waals surface area contributed by atoms with Crippen molar-refractivity contribution in [3.63, 3.8) is 0 Å². The second-order valence-electron chi connectivity index (χ2n) is 5.84. The van der Waals surface area contributed by atoms with E-state index in [2.05, 4.69) is 15.9 Å². The van der Waals surface area contributed by atoms with Gasteiger partial charge >= 0.3 is 18.1 Å². The van der Waals surface area contributed by atoms with E-state index in [0.29, 0.717) is 0 Å². The number of rotatable bonds is 5. The van der Waals surface area contributed by atoms with Crippen molar-refractivity contribution in [1.29, 1.82) is 0 Å². The summed E-state index contributed by atoms with van der Waals surface area (Å²) < 4.78 is 20.3. The number of carbonyl (C=O) groups is 3.